The van der Waals surface area contributed by atoms with Crippen molar-refractivity contribution in [2.24, 2.45) is 45.3 Å². The number of ether oxygens (including phenoxy) is 4. The summed E-state index contributed by atoms with van der Waals surface area (Å²) >= 11 is 0. The van der Waals surface area contributed by atoms with Crippen LogP contribution in [0.5, 0.6) is 0 Å². The zero-order valence-electron chi connectivity index (χ0n) is 34.7. The summed E-state index contributed by atoms with van der Waals surface area (Å²) in [5, 5.41) is 109. The molecule has 2 saturated heterocycles. The molecule has 21 atom stereocenters. The maximum Gasteiger partial charge on any atom is 0.187 e. The van der Waals surface area contributed by atoms with E-state index in [2.05, 4.69) is 34.6 Å². The second-order valence-corrected chi connectivity index (χ2v) is 20.5. The minimum Gasteiger partial charge on any atom is -0.394 e. The second kappa shape index (κ2) is 15.3. The minimum absolute atomic E-state index is 0.0100. The van der Waals surface area contributed by atoms with E-state index in [1.54, 1.807) is 20.8 Å². The van der Waals surface area contributed by atoms with Crippen molar-refractivity contribution >= 4 is 0 Å². The minimum atomic E-state index is -1.68. The van der Waals surface area contributed by atoms with Gasteiger partial charge in [0.15, 0.2) is 12.6 Å². The SMILES string of the molecule is C[C@@H]1O[C@@H](O[C@H]2[C@H](O[C@H]3CC[C@]4(C)[C@H]5CC[C@@H]6[C@@H]([C@](C)(O)C(O)/C=C/C(C)(C)O)CC[C@@]6(C)[C@]5(C)[C@@H](O)C[C@H]4C3(C)C)O[C@H](CO)[C@@H](O)[C@@H]2O)[C@H](O)[C@H](O)[C@H]1O. The molecule has 56 heavy (non-hydrogen) atoms. The first-order valence-corrected chi connectivity index (χ1v) is 20.9. The summed E-state index contributed by atoms with van der Waals surface area (Å²) in [5.74, 6) is -0.0133. The molecule has 6 aliphatic rings. The average Bonchev–Trinajstić information content (AvgIpc) is 3.49. The largest absolute Gasteiger partial charge is 0.394 e. The van der Waals surface area contributed by atoms with Gasteiger partial charge in [0, 0.05) is 5.41 Å². The first-order chi connectivity index (χ1) is 25.8. The summed E-state index contributed by atoms with van der Waals surface area (Å²) in [4.78, 5) is 0. The Morgan fingerprint density at radius 3 is 2.05 bits per heavy atom. The molecule has 0 aromatic carbocycles. The predicted molar refractivity (Wildman–Crippen MR) is 202 cm³/mol. The molecule has 0 aromatic heterocycles. The topological polar surface area (TPSA) is 239 Å². The van der Waals surface area contributed by atoms with Gasteiger partial charge in [-0.1, -0.05) is 46.8 Å². The van der Waals surface area contributed by atoms with E-state index in [0.717, 1.165) is 25.7 Å². The van der Waals surface area contributed by atoms with Gasteiger partial charge in [0.1, 0.15) is 48.8 Å². The molecule has 2 aliphatic heterocycles. The molecule has 2 heterocycles. The maximum atomic E-state index is 12.5. The van der Waals surface area contributed by atoms with E-state index in [1.807, 2.05) is 0 Å². The first kappa shape index (κ1) is 44.7. The highest BCUT2D eigenvalue weighted by molar-refractivity contribution is 5.22. The van der Waals surface area contributed by atoms with E-state index < -0.39 is 108 Å². The van der Waals surface area contributed by atoms with Crippen LogP contribution in [-0.4, -0.2) is 149 Å². The van der Waals surface area contributed by atoms with Crippen LogP contribution in [0.4, 0.5) is 0 Å². The average molecular weight is 801 g/mol. The summed E-state index contributed by atoms with van der Waals surface area (Å²) in [6.45, 7) is 16.9. The zero-order valence-corrected chi connectivity index (χ0v) is 34.7. The highest BCUT2D eigenvalue weighted by atomic mass is 16.8. The smallest absolute Gasteiger partial charge is 0.187 e. The summed E-state index contributed by atoms with van der Waals surface area (Å²) in [5.41, 5.74) is -4.13. The molecular weight excluding hydrogens is 728 g/mol. The lowest BCUT2D eigenvalue weighted by Crippen LogP contribution is -2.69. The lowest BCUT2D eigenvalue weighted by Gasteiger charge is -2.71. The van der Waals surface area contributed by atoms with Crippen LogP contribution >= 0.6 is 0 Å². The van der Waals surface area contributed by atoms with Crippen molar-refractivity contribution in [3.05, 3.63) is 12.2 Å². The number of rotatable bonds is 9. The predicted octanol–water partition coefficient (Wildman–Crippen LogP) is 1.12. The van der Waals surface area contributed by atoms with Gasteiger partial charge in [-0.3, -0.25) is 0 Å². The summed E-state index contributed by atoms with van der Waals surface area (Å²) < 4.78 is 24.4. The van der Waals surface area contributed by atoms with Crippen molar-refractivity contribution in [3.8, 4) is 0 Å². The quantitative estimate of drug-likeness (QED) is 0.116. The van der Waals surface area contributed by atoms with Gasteiger partial charge in [0.05, 0.1) is 36.1 Å². The molecule has 6 rings (SSSR count). The van der Waals surface area contributed by atoms with E-state index >= 15 is 0 Å². The molecule has 0 spiro atoms. The van der Waals surface area contributed by atoms with Gasteiger partial charge in [-0.25, -0.2) is 0 Å². The second-order valence-electron chi connectivity index (χ2n) is 20.5. The molecule has 1 unspecified atom stereocenters. The first-order valence-electron chi connectivity index (χ1n) is 20.9. The Hall–Kier alpha value is -0.820. The van der Waals surface area contributed by atoms with E-state index in [0.29, 0.717) is 19.3 Å². The lowest BCUT2D eigenvalue weighted by molar-refractivity contribution is -0.377. The Kier molecular flexibility index (Phi) is 12.2. The lowest BCUT2D eigenvalue weighted by atomic mass is 9.34. The molecular formula is C42H72O14. The molecule has 0 aromatic rings. The molecule has 0 radical (unpaired) electrons. The molecule has 6 fully saturated rings. The summed E-state index contributed by atoms with van der Waals surface area (Å²) in [6, 6.07) is 0. The molecule has 14 nitrogen and oxygen atoms in total. The number of aliphatic hydroxyl groups excluding tert-OH is 8. The van der Waals surface area contributed by atoms with Crippen LogP contribution in [0, 0.1) is 45.3 Å². The van der Waals surface area contributed by atoms with Gasteiger partial charge in [0.2, 0.25) is 0 Å². The van der Waals surface area contributed by atoms with Crippen molar-refractivity contribution < 1.29 is 70.0 Å². The third-order valence-corrected chi connectivity index (χ3v) is 16.7. The summed E-state index contributed by atoms with van der Waals surface area (Å²) in [6.07, 6.45) is -8.40. The third-order valence-electron chi connectivity index (χ3n) is 16.7. The molecule has 0 amide bonds. The highest BCUT2D eigenvalue weighted by Crippen LogP contribution is 2.76. The molecule has 324 valence electrons. The molecule has 14 heteroatoms. The van der Waals surface area contributed by atoms with Gasteiger partial charge in [0.25, 0.3) is 0 Å². The Morgan fingerprint density at radius 2 is 1.43 bits per heavy atom. The van der Waals surface area contributed by atoms with Gasteiger partial charge in [-0.2, -0.15) is 0 Å². The Morgan fingerprint density at radius 1 is 0.768 bits per heavy atom. The number of hydrogen-bond donors (Lipinski definition) is 10. The van der Waals surface area contributed by atoms with Crippen LogP contribution in [-0.2, 0) is 18.9 Å². The van der Waals surface area contributed by atoms with Crippen LogP contribution in [0.1, 0.15) is 107 Å². The number of aliphatic hydroxyl groups is 10. The van der Waals surface area contributed by atoms with Crippen molar-refractivity contribution in [1.82, 2.24) is 0 Å². The third kappa shape index (κ3) is 7.06. The zero-order chi connectivity index (χ0) is 41.7. The van der Waals surface area contributed by atoms with E-state index in [1.165, 1.54) is 19.1 Å². The number of hydrogen-bond acceptors (Lipinski definition) is 14. The molecule has 0 bridgehead atoms. The van der Waals surface area contributed by atoms with E-state index in [9.17, 15) is 51.1 Å². The van der Waals surface area contributed by atoms with Crippen LogP contribution in [0.3, 0.4) is 0 Å². The fourth-order valence-corrected chi connectivity index (χ4v) is 13.1. The highest BCUT2D eigenvalue weighted by Gasteiger charge is 2.72. The van der Waals surface area contributed by atoms with Crippen molar-refractivity contribution in [3.63, 3.8) is 0 Å². The van der Waals surface area contributed by atoms with Crippen LogP contribution in [0.2, 0.25) is 0 Å². The van der Waals surface area contributed by atoms with Gasteiger partial charge in [-0.15, -0.1) is 0 Å². The van der Waals surface area contributed by atoms with Crippen molar-refractivity contribution in [2.45, 2.75) is 198 Å². The standard InChI is InChI=1S/C42H72O14/c1-20-29(46)31(48)33(50)35(53-20)56-34-32(49)30(47)23(19-43)54-36(34)55-28-14-16-39(6)24-11-10-21-22(42(9,52)26(44)13-15-37(2,3)51)12-17-40(21,7)41(24,8)27(45)18-25(39)38(28,4)5/h13,15,20-36,43-52H,10-12,14,16-19H2,1-9H3/b15-13+/t20-,21+,22-,23+,24+,25-,26?,27-,28-,29-,30+,31+,32-,33+,34+,35-,36-,39+,40+,41-,42-/m0/s1. The Bertz CT molecular complexity index is 1420. The molecule has 4 aliphatic carbocycles. The normalized spacial score (nSPS) is 52.5. The van der Waals surface area contributed by atoms with E-state index in [-0.39, 0.29) is 34.5 Å². The van der Waals surface area contributed by atoms with Gasteiger partial charge in [-0.05, 0) is 113 Å². The fourth-order valence-electron chi connectivity index (χ4n) is 13.1. The van der Waals surface area contributed by atoms with Crippen LogP contribution in [0.25, 0.3) is 0 Å². The van der Waals surface area contributed by atoms with Crippen molar-refractivity contribution in [2.75, 3.05) is 6.61 Å². The van der Waals surface area contributed by atoms with Crippen LogP contribution in [0.15, 0.2) is 12.2 Å². The molecule has 10 N–H and O–H groups in total. The Balaban J connectivity index is 1.24. The van der Waals surface area contributed by atoms with E-state index in [4.69, 9.17) is 18.9 Å². The number of fused-ring (bicyclic) bond motifs is 5. The fraction of sp³-hybridized carbons (Fsp3) is 0.952. The van der Waals surface area contributed by atoms with Crippen LogP contribution < -0.4 is 0 Å². The monoisotopic (exact) mass is 800 g/mol. The van der Waals surface area contributed by atoms with Gasteiger partial charge >= 0.3 is 0 Å². The summed E-state index contributed by atoms with van der Waals surface area (Å²) in [7, 11) is 0. The molecule has 4 saturated carbocycles. The Labute approximate surface area is 331 Å². The van der Waals surface area contributed by atoms with Gasteiger partial charge < -0.3 is 70.0 Å². The maximum absolute atomic E-state index is 12.5. The van der Waals surface area contributed by atoms with Crippen molar-refractivity contribution in [1.29, 1.82) is 0 Å².